The summed E-state index contributed by atoms with van der Waals surface area (Å²) in [5, 5.41) is 0. The molecule has 0 saturated heterocycles. The minimum absolute atomic E-state index is 0.317. The summed E-state index contributed by atoms with van der Waals surface area (Å²) in [6.07, 6.45) is 0. The van der Waals surface area contributed by atoms with Crippen molar-refractivity contribution in [3.8, 4) is 17.1 Å². The highest BCUT2D eigenvalue weighted by Crippen LogP contribution is 2.36. The Hall–Kier alpha value is -1.36. The lowest BCUT2D eigenvalue weighted by Crippen LogP contribution is -2.07. The van der Waals surface area contributed by atoms with Gasteiger partial charge in [-0.3, -0.25) is 0 Å². The molecule has 2 aromatic rings. The summed E-state index contributed by atoms with van der Waals surface area (Å²) in [6, 6.07) is 3.14. The maximum absolute atomic E-state index is 13.5. The first kappa shape index (κ1) is 11.7. The maximum Gasteiger partial charge on any atom is 0.144 e. The van der Waals surface area contributed by atoms with Crippen LogP contribution in [-0.2, 0) is 6.54 Å². The van der Waals surface area contributed by atoms with Crippen molar-refractivity contribution >= 4 is 15.9 Å². The van der Waals surface area contributed by atoms with Crippen molar-refractivity contribution in [2.24, 2.45) is 0 Å². The molecule has 0 fully saturated rings. The number of aromatic nitrogens is 2. The minimum Gasteiger partial charge on any atom is -0.491 e. The molecule has 0 atom stereocenters. The Kier molecular flexibility index (Phi) is 2.66. The number of ether oxygens (including phenoxy) is 1. The molecule has 0 amide bonds. The predicted molar refractivity (Wildman–Crippen MR) is 70.3 cm³/mol. The van der Waals surface area contributed by atoms with Crippen molar-refractivity contribution in [1.29, 1.82) is 0 Å². The third kappa shape index (κ3) is 1.65. The van der Waals surface area contributed by atoms with Gasteiger partial charge in [-0.05, 0) is 35.8 Å². The van der Waals surface area contributed by atoms with Crippen LogP contribution in [0.15, 0.2) is 16.6 Å². The number of hydrogen-bond acceptors (Lipinski definition) is 2. The van der Waals surface area contributed by atoms with Gasteiger partial charge in [-0.15, -0.1) is 0 Å². The molecule has 1 aliphatic heterocycles. The van der Waals surface area contributed by atoms with Crippen LogP contribution >= 0.6 is 15.9 Å². The van der Waals surface area contributed by atoms with Gasteiger partial charge in [0.15, 0.2) is 0 Å². The van der Waals surface area contributed by atoms with E-state index in [1.54, 1.807) is 6.07 Å². The molecule has 18 heavy (non-hydrogen) atoms. The Bertz CT molecular complexity index is 636. The standard InChI is InChI=1S/C13H12BrFN2O/c1-7-8(2)17-3-4-18-12-6-11(15)10(14)5-9(12)13(17)16-7/h5-6H,3-4H2,1-2H3. The van der Waals surface area contributed by atoms with Crippen molar-refractivity contribution in [3.05, 3.63) is 33.8 Å². The molecule has 0 aliphatic carbocycles. The highest BCUT2D eigenvalue weighted by Gasteiger charge is 2.21. The number of aryl methyl sites for hydroxylation is 1. The number of hydrogen-bond donors (Lipinski definition) is 0. The van der Waals surface area contributed by atoms with Gasteiger partial charge < -0.3 is 9.30 Å². The van der Waals surface area contributed by atoms with Crippen LogP contribution in [0.5, 0.6) is 5.75 Å². The smallest absolute Gasteiger partial charge is 0.144 e. The molecule has 0 saturated carbocycles. The molecule has 94 valence electrons. The summed E-state index contributed by atoms with van der Waals surface area (Å²) in [5.74, 6) is 1.08. The summed E-state index contributed by atoms with van der Waals surface area (Å²) < 4.78 is 21.7. The quantitative estimate of drug-likeness (QED) is 0.745. The highest BCUT2D eigenvalue weighted by molar-refractivity contribution is 9.10. The van der Waals surface area contributed by atoms with Crippen LogP contribution in [0.2, 0.25) is 0 Å². The van der Waals surface area contributed by atoms with Gasteiger partial charge in [-0.1, -0.05) is 0 Å². The van der Waals surface area contributed by atoms with E-state index in [2.05, 4.69) is 25.5 Å². The monoisotopic (exact) mass is 310 g/mol. The van der Waals surface area contributed by atoms with Gasteiger partial charge in [0.25, 0.3) is 0 Å². The third-order valence-corrected chi connectivity index (χ3v) is 3.90. The van der Waals surface area contributed by atoms with Gasteiger partial charge in [0.1, 0.15) is 24.0 Å². The van der Waals surface area contributed by atoms with Crippen LogP contribution in [0, 0.1) is 19.7 Å². The van der Waals surface area contributed by atoms with Gasteiger partial charge in [0.05, 0.1) is 22.3 Å². The zero-order valence-electron chi connectivity index (χ0n) is 10.1. The van der Waals surface area contributed by atoms with E-state index < -0.39 is 0 Å². The molecule has 0 N–H and O–H groups in total. The number of benzene rings is 1. The van der Waals surface area contributed by atoms with Crippen LogP contribution in [0.25, 0.3) is 11.4 Å². The van der Waals surface area contributed by atoms with Crippen LogP contribution in [0.4, 0.5) is 4.39 Å². The molecular weight excluding hydrogens is 299 g/mol. The number of imidazole rings is 1. The Morgan fingerprint density at radius 3 is 2.94 bits per heavy atom. The van der Waals surface area contributed by atoms with Crippen molar-refractivity contribution in [2.75, 3.05) is 6.61 Å². The summed E-state index contributed by atoms with van der Waals surface area (Å²) in [4.78, 5) is 4.56. The summed E-state index contributed by atoms with van der Waals surface area (Å²) in [7, 11) is 0. The maximum atomic E-state index is 13.5. The first-order chi connectivity index (χ1) is 8.58. The number of rotatable bonds is 0. The predicted octanol–water partition coefficient (Wildman–Crippen LogP) is 3.46. The number of halogens is 2. The van der Waals surface area contributed by atoms with Gasteiger partial charge in [0, 0.05) is 11.8 Å². The molecule has 0 bridgehead atoms. The normalized spacial score (nSPS) is 13.6. The lowest BCUT2D eigenvalue weighted by molar-refractivity contribution is 0.304. The van der Waals surface area contributed by atoms with Crippen LogP contribution < -0.4 is 4.74 Å². The van der Waals surface area contributed by atoms with Gasteiger partial charge >= 0.3 is 0 Å². The summed E-state index contributed by atoms with van der Waals surface area (Å²) in [6.45, 7) is 5.28. The van der Waals surface area contributed by atoms with E-state index in [1.807, 2.05) is 13.8 Å². The average molecular weight is 311 g/mol. The SMILES string of the molecule is Cc1nc2n(c1C)CCOc1cc(F)c(Br)cc1-2. The van der Waals surface area contributed by atoms with Crippen molar-refractivity contribution in [3.63, 3.8) is 0 Å². The van der Waals surface area contributed by atoms with E-state index in [0.29, 0.717) is 16.8 Å². The number of fused-ring (bicyclic) bond motifs is 3. The van der Waals surface area contributed by atoms with E-state index in [-0.39, 0.29) is 5.82 Å². The van der Waals surface area contributed by atoms with E-state index in [1.165, 1.54) is 6.07 Å². The largest absolute Gasteiger partial charge is 0.491 e. The Balaban J connectivity index is 2.30. The number of nitrogens with zero attached hydrogens (tertiary/aromatic N) is 2. The van der Waals surface area contributed by atoms with Gasteiger partial charge in [-0.2, -0.15) is 0 Å². The van der Waals surface area contributed by atoms with Crippen LogP contribution in [0.1, 0.15) is 11.4 Å². The molecule has 0 spiro atoms. The second-order valence-corrected chi connectivity index (χ2v) is 5.22. The van der Waals surface area contributed by atoms with E-state index in [9.17, 15) is 4.39 Å². The molecule has 0 unspecified atom stereocenters. The van der Waals surface area contributed by atoms with E-state index in [4.69, 9.17) is 4.74 Å². The lowest BCUT2D eigenvalue weighted by atomic mass is 10.2. The Labute approximate surface area is 113 Å². The van der Waals surface area contributed by atoms with Crippen molar-refractivity contribution < 1.29 is 9.13 Å². The van der Waals surface area contributed by atoms with Gasteiger partial charge in [-0.25, -0.2) is 9.37 Å². The second kappa shape index (κ2) is 4.09. The molecule has 5 heteroatoms. The Morgan fingerprint density at radius 2 is 2.17 bits per heavy atom. The third-order valence-electron chi connectivity index (χ3n) is 3.29. The minimum atomic E-state index is -0.317. The van der Waals surface area contributed by atoms with Crippen LogP contribution in [0.3, 0.4) is 0 Å². The lowest BCUT2D eigenvalue weighted by Gasteiger charge is -2.07. The fourth-order valence-electron chi connectivity index (χ4n) is 2.20. The second-order valence-electron chi connectivity index (χ2n) is 4.37. The van der Waals surface area contributed by atoms with Crippen molar-refractivity contribution in [1.82, 2.24) is 9.55 Å². The fraction of sp³-hybridized carbons (Fsp3) is 0.308. The molecule has 1 aliphatic rings. The van der Waals surface area contributed by atoms with Crippen molar-refractivity contribution in [2.45, 2.75) is 20.4 Å². The van der Waals surface area contributed by atoms with E-state index in [0.717, 1.165) is 29.3 Å². The fourth-order valence-corrected chi connectivity index (χ4v) is 2.55. The summed E-state index contributed by atoms with van der Waals surface area (Å²) >= 11 is 3.21. The highest BCUT2D eigenvalue weighted by atomic mass is 79.9. The summed E-state index contributed by atoms with van der Waals surface area (Å²) in [5.41, 5.74) is 2.96. The average Bonchev–Trinajstić information content (AvgIpc) is 2.52. The molecule has 0 radical (unpaired) electrons. The topological polar surface area (TPSA) is 27.1 Å². The Morgan fingerprint density at radius 1 is 1.39 bits per heavy atom. The zero-order valence-corrected chi connectivity index (χ0v) is 11.7. The zero-order chi connectivity index (χ0) is 12.9. The molecule has 1 aromatic carbocycles. The van der Waals surface area contributed by atoms with Crippen LogP contribution in [-0.4, -0.2) is 16.2 Å². The molecule has 2 heterocycles. The first-order valence-electron chi connectivity index (χ1n) is 5.74. The molecular formula is C13H12BrFN2O. The van der Waals surface area contributed by atoms with Gasteiger partial charge in [0.2, 0.25) is 0 Å². The first-order valence-corrected chi connectivity index (χ1v) is 6.53. The molecule has 1 aromatic heterocycles. The molecule has 3 nitrogen and oxygen atoms in total. The molecule has 3 rings (SSSR count). The van der Waals surface area contributed by atoms with E-state index >= 15 is 0 Å².